The van der Waals surface area contributed by atoms with Crippen LogP contribution in [0.4, 0.5) is 5.69 Å². The number of hydrogen-bond acceptors (Lipinski definition) is 4. The van der Waals surface area contributed by atoms with Crippen LogP contribution >= 0.6 is 0 Å². The van der Waals surface area contributed by atoms with E-state index in [9.17, 15) is 4.79 Å². The van der Waals surface area contributed by atoms with E-state index >= 15 is 0 Å². The van der Waals surface area contributed by atoms with Crippen LogP contribution in [0.1, 0.15) is 24.5 Å². The van der Waals surface area contributed by atoms with Crippen LogP contribution in [0.3, 0.4) is 0 Å². The summed E-state index contributed by atoms with van der Waals surface area (Å²) in [6, 6.07) is 5.92. The summed E-state index contributed by atoms with van der Waals surface area (Å²) in [5, 5.41) is 2.96. The first kappa shape index (κ1) is 15.8. The van der Waals surface area contributed by atoms with Crippen molar-refractivity contribution < 1.29 is 9.53 Å². The van der Waals surface area contributed by atoms with E-state index in [4.69, 9.17) is 10.5 Å². The van der Waals surface area contributed by atoms with Gasteiger partial charge in [-0.1, -0.05) is 19.1 Å². The monoisotopic (exact) mass is 291 g/mol. The van der Waals surface area contributed by atoms with E-state index in [2.05, 4.69) is 29.3 Å². The number of anilines is 1. The number of nitrogens with zero attached hydrogens (tertiary/aromatic N) is 1. The lowest BCUT2D eigenvalue weighted by molar-refractivity contribution is -0.124. The highest BCUT2D eigenvalue weighted by molar-refractivity contribution is 5.86. The number of amides is 1. The van der Waals surface area contributed by atoms with Gasteiger partial charge in [0.15, 0.2) is 0 Å². The van der Waals surface area contributed by atoms with Gasteiger partial charge in [0.1, 0.15) is 6.04 Å². The second-order valence-electron chi connectivity index (χ2n) is 5.40. The van der Waals surface area contributed by atoms with Gasteiger partial charge in [-0.05, 0) is 30.5 Å². The Bertz CT molecular complexity index is 490. The van der Waals surface area contributed by atoms with Crippen LogP contribution in [0.5, 0.6) is 0 Å². The first-order chi connectivity index (χ1) is 10.2. The zero-order valence-corrected chi connectivity index (χ0v) is 12.9. The molecule has 5 heteroatoms. The van der Waals surface area contributed by atoms with Gasteiger partial charge in [-0.15, -0.1) is 0 Å². The lowest BCUT2D eigenvalue weighted by Gasteiger charge is -2.37. The number of morpholine rings is 1. The van der Waals surface area contributed by atoms with Gasteiger partial charge in [-0.25, -0.2) is 0 Å². The van der Waals surface area contributed by atoms with E-state index in [1.165, 1.54) is 0 Å². The lowest BCUT2D eigenvalue weighted by Crippen LogP contribution is -2.54. The highest BCUT2D eigenvalue weighted by Crippen LogP contribution is 2.25. The lowest BCUT2D eigenvalue weighted by atomic mass is 10.1. The van der Waals surface area contributed by atoms with Crippen LogP contribution < -0.4 is 16.0 Å². The maximum Gasteiger partial charge on any atom is 0.245 e. The summed E-state index contributed by atoms with van der Waals surface area (Å²) in [6.07, 6.45) is 0.934. The molecule has 0 radical (unpaired) electrons. The smallest absolute Gasteiger partial charge is 0.245 e. The molecule has 1 amide bonds. The first-order valence-corrected chi connectivity index (χ1v) is 7.59. The van der Waals surface area contributed by atoms with Crippen molar-refractivity contribution in [2.75, 3.05) is 31.2 Å². The fourth-order valence-corrected chi connectivity index (χ4v) is 2.64. The predicted molar refractivity (Wildman–Crippen MR) is 84.3 cm³/mol. The fourth-order valence-electron chi connectivity index (χ4n) is 2.64. The molecule has 1 aliphatic rings. The van der Waals surface area contributed by atoms with Crippen molar-refractivity contribution >= 4 is 11.6 Å². The second kappa shape index (κ2) is 7.43. The van der Waals surface area contributed by atoms with Crippen molar-refractivity contribution in [3.8, 4) is 0 Å². The van der Waals surface area contributed by atoms with E-state index < -0.39 is 0 Å². The molecule has 116 valence electrons. The number of aryl methyl sites for hydroxylation is 1. The largest absolute Gasteiger partial charge is 0.377 e. The van der Waals surface area contributed by atoms with Gasteiger partial charge in [-0.3, -0.25) is 4.79 Å². The third-order valence-electron chi connectivity index (χ3n) is 3.79. The minimum atomic E-state index is -0.257. The molecule has 1 atom stereocenters. The van der Waals surface area contributed by atoms with Gasteiger partial charge >= 0.3 is 0 Å². The molecule has 0 aliphatic carbocycles. The quantitative estimate of drug-likeness (QED) is 0.855. The van der Waals surface area contributed by atoms with Crippen LogP contribution in [0.15, 0.2) is 18.2 Å². The number of carbonyl (C=O) groups is 1. The van der Waals surface area contributed by atoms with E-state index in [0.29, 0.717) is 26.3 Å². The standard InChI is InChI=1S/C16H25N3O2/c1-3-6-18-16(20)15-11-21-8-7-19(15)14-5-4-13(10-17)9-12(14)2/h4-5,9,15H,3,6-8,10-11,17H2,1-2H3,(H,18,20). The average Bonchev–Trinajstić information content (AvgIpc) is 2.52. The summed E-state index contributed by atoms with van der Waals surface area (Å²) >= 11 is 0. The molecule has 1 aliphatic heterocycles. The molecule has 1 aromatic carbocycles. The van der Waals surface area contributed by atoms with Gasteiger partial charge in [-0.2, -0.15) is 0 Å². The summed E-state index contributed by atoms with van der Waals surface area (Å²) in [7, 11) is 0. The minimum Gasteiger partial charge on any atom is -0.377 e. The summed E-state index contributed by atoms with van der Waals surface area (Å²) in [5.74, 6) is 0.0406. The molecule has 21 heavy (non-hydrogen) atoms. The van der Waals surface area contributed by atoms with Crippen molar-refractivity contribution in [3.05, 3.63) is 29.3 Å². The molecule has 0 bridgehead atoms. The van der Waals surface area contributed by atoms with Gasteiger partial charge in [0.25, 0.3) is 0 Å². The summed E-state index contributed by atoms with van der Waals surface area (Å²) in [6.45, 7) is 7.16. The maximum atomic E-state index is 12.3. The Morgan fingerprint density at radius 3 is 3.00 bits per heavy atom. The first-order valence-electron chi connectivity index (χ1n) is 7.59. The van der Waals surface area contributed by atoms with Crippen molar-refractivity contribution in [3.63, 3.8) is 0 Å². The number of carbonyl (C=O) groups excluding carboxylic acids is 1. The third-order valence-corrected chi connectivity index (χ3v) is 3.79. The second-order valence-corrected chi connectivity index (χ2v) is 5.40. The molecule has 2 rings (SSSR count). The molecule has 1 heterocycles. The molecule has 3 N–H and O–H groups in total. The number of nitrogens with one attached hydrogen (secondary N) is 1. The van der Waals surface area contributed by atoms with E-state index in [0.717, 1.165) is 29.8 Å². The molecular formula is C16H25N3O2. The van der Waals surface area contributed by atoms with E-state index in [1.807, 2.05) is 13.0 Å². The molecule has 5 nitrogen and oxygen atoms in total. The number of nitrogens with two attached hydrogens (primary N) is 1. The Labute approximate surface area is 126 Å². The molecule has 0 saturated carbocycles. The van der Waals surface area contributed by atoms with E-state index in [1.54, 1.807) is 0 Å². The van der Waals surface area contributed by atoms with Crippen molar-refractivity contribution in [1.29, 1.82) is 0 Å². The van der Waals surface area contributed by atoms with Crippen LogP contribution in [-0.4, -0.2) is 38.3 Å². The highest BCUT2D eigenvalue weighted by atomic mass is 16.5. The van der Waals surface area contributed by atoms with Gasteiger partial charge in [0.2, 0.25) is 5.91 Å². The molecule has 1 unspecified atom stereocenters. The molecule has 0 spiro atoms. The normalized spacial score (nSPS) is 18.6. The number of rotatable bonds is 5. The fraction of sp³-hybridized carbons (Fsp3) is 0.562. The predicted octanol–water partition coefficient (Wildman–Crippen LogP) is 1.19. The third kappa shape index (κ3) is 3.74. The van der Waals surface area contributed by atoms with Gasteiger partial charge < -0.3 is 20.7 Å². The maximum absolute atomic E-state index is 12.3. The molecule has 1 fully saturated rings. The summed E-state index contributed by atoms with van der Waals surface area (Å²) in [5.41, 5.74) is 9.02. The Kier molecular flexibility index (Phi) is 5.59. The van der Waals surface area contributed by atoms with E-state index in [-0.39, 0.29) is 11.9 Å². The molecule has 0 aromatic heterocycles. The van der Waals surface area contributed by atoms with Crippen LogP contribution in [0.25, 0.3) is 0 Å². The Balaban J connectivity index is 2.20. The number of ether oxygens (including phenoxy) is 1. The van der Waals surface area contributed by atoms with Crippen molar-refractivity contribution in [2.45, 2.75) is 32.9 Å². The minimum absolute atomic E-state index is 0.0406. The van der Waals surface area contributed by atoms with Gasteiger partial charge in [0.05, 0.1) is 13.2 Å². The van der Waals surface area contributed by atoms with Crippen LogP contribution in [0, 0.1) is 6.92 Å². The SMILES string of the molecule is CCCNC(=O)C1COCCN1c1ccc(CN)cc1C. The topological polar surface area (TPSA) is 67.6 Å². The van der Waals surface area contributed by atoms with Crippen LogP contribution in [0.2, 0.25) is 0 Å². The zero-order chi connectivity index (χ0) is 15.2. The average molecular weight is 291 g/mol. The molecule has 1 saturated heterocycles. The highest BCUT2D eigenvalue weighted by Gasteiger charge is 2.30. The van der Waals surface area contributed by atoms with Crippen LogP contribution in [-0.2, 0) is 16.1 Å². The summed E-state index contributed by atoms with van der Waals surface area (Å²) in [4.78, 5) is 14.5. The van der Waals surface area contributed by atoms with Crippen molar-refractivity contribution in [1.82, 2.24) is 5.32 Å². The number of benzene rings is 1. The molecule has 1 aromatic rings. The Morgan fingerprint density at radius 2 is 2.33 bits per heavy atom. The molecular weight excluding hydrogens is 266 g/mol. The Morgan fingerprint density at radius 1 is 1.52 bits per heavy atom. The van der Waals surface area contributed by atoms with Crippen molar-refractivity contribution in [2.24, 2.45) is 5.73 Å². The number of hydrogen-bond donors (Lipinski definition) is 2. The zero-order valence-electron chi connectivity index (χ0n) is 12.9. The van der Waals surface area contributed by atoms with Gasteiger partial charge in [0, 0.05) is 25.3 Å². The Hall–Kier alpha value is -1.59. The summed E-state index contributed by atoms with van der Waals surface area (Å²) < 4.78 is 5.50.